The number of amides is 1. The molecular formula is C21H17ClF3N3O3. The number of hydrogen-bond donors (Lipinski definition) is 0. The summed E-state index contributed by atoms with van der Waals surface area (Å²) in [6.07, 6.45) is -3.04. The Morgan fingerprint density at radius 2 is 1.74 bits per heavy atom. The van der Waals surface area contributed by atoms with Crippen LogP contribution in [0.3, 0.4) is 0 Å². The van der Waals surface area contributed by atoms with Crippen molar-refractivity contribution in [3.63, 3.8) is 0 Å². The van der Waals surface area contributed by atoms with E-state index >= 15 is 0 Å². The summed E-state index contributed by atoms with van der Waals surface area (Å²) < 4.78 is 42.2. The Bertz CT molecular complexity index is 1050. The van der Waals surface area contributed by atoms with Gasteiger partial charge < -0.3 is 4.52 Å². The van der Waals surface area contributed by atoms with Gasteiger partial charge >= 0.3 is 12.1 Å². The van der Waals surface area contributed by atoms with Gasteiger partial charge in [0.05, 0.1) is 6.54 Å². The first-order chi connectivity index (χ1) is 14.8. The van der Waals surface area contributed by atoms with Crippen LogP contribution in [0.4, 0.5) is 13.2 Å². The van der Waals surface area contributed by atoms with Crippen LogP contribution in [0.15, 0.2) is 53.1 Å². The van der Waals surface area contributed by atoms with Gasteiger partial charge in [0.2, 0.25) is 11.7 Å². The maximum atomic E-state index is 12.6. The second-order valence-corrected chi connectivity index (χ2v) is 7.60. The SMILES string of the molecule is O=C(C1CC1)N(Cc1ccc(-c2noc(C(F)(F)F)n2)cc1)OCc1ccc(Cl)cc1. The number of alkyl halides is 3. The number of carbonyl (C=O) groups is 1. The molecule has 0 spiro atoms. The predicted molar refractivity (Wildman–Crippen MR) is 104 cm³/mol. The van der Waals surface area contributed by atoms with Gasteiger partial charge in [0.1, 0.15) is 6.61 Å². The molecule has 2 aromatic carbocycles. The molecule has 0 bridgehead atoms. The molecule has 0 aliphatic heterocycles. The molecule has 4 rings (SSSR count). The van der Waals surface area contributed by atoms with Crippen LogP contribution in [0, 0.1) is 5.92 Å². The van der Waals surface area contributed by atoms with Gasteiger partial charge in [-0.05, 0) is 36.1 Å². The van der Waals surface area contributed by atoms with Crippen molar-refractivity contribution in [1.82, 2.24) is 15.2 Å². The van der Waals surface area contributed by atoms with Crippen LogP contribution in [0.5, 0.6) is 0 Å². The number of halogens is 4. The lowest BCUT2D eigenvalue weighted by molar-refractivity contribution is -0.197. The third-order valence-corrected chi connectivity index (χ3v) is 4.93. The molecule has 3 aromatic rings. The van der Waals surface area contributed by atoms with E-state index in [0.717, 1.165) is 24.0 Å². The number of rotatable bonds is 7. The molecule has 10 heteroatoms. The lowest BCUT2D eigenvalue weighted by Gasteiger charge is -2.22. The van der Waals surface area contributed by atoms with Crippen molar-refractivity contribution in [2.45, 2.75) is 32.2 Å². The second-order valence-electron chi connectivity index (χ2n) is 7.17. The van der Waals surface area contributed by atoms with Gasteiger partial charge in [-0.2, -0.15) is 18.2 Å². The minimum Gasteiger partial charge on any atom is -0.329 e. The van der Waals surface area contributed by atoms with Gasteiger partial charge in [0, 0.05) is 16.5 Å². The van der Waals surface area contributed by atoms with E-state index in [9.17, 15) is 18.0 Å². The molecule has 1 fully saturated rings. The van der Waals surface area contributed by atoms with Crippen LogP contribution in [0.2, 0.25) is 5.02 Å². The zero-order chi connectivity index (χ0) is 22.0. The van der Waals surface area contributed by atoms with Crippen LogP contribution in [-0.4, -0.2) is 21.1 Å². The van der Waals surface area contributed by atoms with E-state index in [0.29, 0.717) is 10.6 Å². The molecule has 162 valence electrons. The standard InChI is InChI=1S/C21H17ClF3N3O3/c22-17-9-3-14(4-10-17)12-30-28(19(29)16-7-8-16)11-13-1-5-15(6-2-13)18-26-20(31-27-18)21(23,24)25/h1-6,9-10,16H,7-8,11-12H2. The number of hydroxylamine groups is 2. The minimum atomic E-state index is -4.70. The number of aromatic nitrogens is 2. The third-order valence-electron chi connectivity index (χ3n) is 4.68. The molecule has 1 amide bonds. The lowest BCUT2D eigenvalue weighted by Crippen LogP contribution is -2.31. The summed E-state index contributed by atoms with van der Waals surface area (Å²) in [5, 5.41) is 5.31. The van der Waals surface area contributed by atoms with E-state index in [1.165, 1.54) is 5.06 Å². The third kappa shape index (κ3) is 5.42. The first-order valence-corrected chi connectivity index (χ1v) is 9.86. The highest BCUT2D eigenvalue weighted by atomic mass is 35.5. The fourth-order valence-electron chi connectivity index (χ4n) is 2.84. The molecule has 0 radical (unpaired) electrons. The topological polar surface area (TPSA) is 68.5 Å². The van der Waals surface area contributed by atoms with Gasteiger partial charge in [-0.1, -0.05) is 53.2 Å². The summed E-state index contributed by atoms with van der Waals surface area (Å²) in [6, 6.07) is 13.6. The molecule has 0 saturated heterocycles. The maximum absolute atomic E-state index is 12.6. The molecule has 1 heterocycles. The largest absolute Gasteiger partial charge is 0.471 e. The van der Waals surface area contributed by atoms with Crippen molar-refractivity contribution in [1.29, 1.82) is 0 Å². The lowest BCUT2D eigenvalue weighted by atomic mass is 10.1. The molecule has 1 aliphatic rings. The van der Waals surface area contributed by atoms with E-state index < -0.39 is 12.1 Å². The molecule has 0 unspecified atom stereocenters. The molecular weight excluding hydrogens is 435 g/mol. The van der Waals surface area contributed by atoms with Crippen LogP contribution < -0.4 is 0 Å². The van der Waals surface area contributed by atoms with Crippen LogP contribution in [0.25, 0.3) is 11.4 Å². The van der Waals surface area contributed by atoms with Crippen molar-refractivity contribution >= 4 is 17.5 Å². The van der Waals surface area contributed by atoms with Gasteiger partial charge in [-0.15, -0.1) is 0 Å². The van der Waals surface area contributed by atoms with Crippen LogP contribution >= 0.6 is 11.6 Å². The normalized spacial score (nSPS) is 13.9. The Kier molecular flexibility index (Phi) is 5.97. The number of nitrogens with zero attached hydrogens (tertiary/aromatic N) is 3. The molecule has 0 atom stereocenters. The highest BCUT2D eigenvalue weighted by Gasteiger charge is 2.38. The van der Waals surface area contributed by atoms with E-state index in [1.807, 2.05) is 12.1 Å². The predicted octanol–water partition coefficient (Wildman–Crippen LogP) is 5.28. The summed E-state index contributed by atoms with van der Waals surface area (Å²) in [5.74, 6) is -1.69. The first-order valence-electron chi connectivity index (χ1n) is 9.48. The van der Waals surface area contributed by atoms with Gasteiger partial charge in [-0.25, -0.2) is 5.06 Å². The molecule has 6 nitrogen and oxygen atoms in total. The number of hydrogen-bond acceptors (Lipinski definition) is 5. The first kappa shape index (κ1) is 21.3. The fraction of sp³-hybridized carbons (Fsp3) is 0.286. The highest BCUT2D eigenvalue weighted by molar-refractivity contribution is 6.30. The molecule has 1 aromatic heterocycles. The summed E-state index contributed by atoms with van der Waals surface area (Å²) >= 11 is 5.89. The highest BCUT2D eigenvalue weighted by Crippen LogP contribution is 2.32. The Labute approximate surface area is 180 Å². The monoisotopic (exact) mass is 451 g/mol. The fourth-order valence-corrected chi connectivity index (χ4v) is 2.96. The Morgan fingerprint density at radius 1 is 1.10 bits per heavy atom. The molecule has 1 aliphatic carbocycles. The van der Waals surface area contributed by atoms with Crippen molar-refractivity contribution in [2.24, 2.45) is 5.92 Å². The average Bonchev–Trinajstić information content (AvgIpc) is 3.47. The smallest absolute Gasteiger partial charge is 0.329 e. The van der Waals surface area contributed by atoms with Gasteiger partial charge in [0.15, 0.2) is 0 Å². The average molecular weight is 452 g/mol. The van der Waals surface area contributed by atoms with Crippen molar-refractivity contribution < 1.29 is 27.3 Å². The van der Waals surface area contributed by atoms with Crippen LogP contribution in [-0.2, 0) is 29.0 Å². The molecule has 0 N–H and O–H groups in total. The summed E-state index contributed by atoms with van der Waals surface area (Å²) in [6.45, 7) is 0.403. The Balaban J connectivity index is 1.44. The Morgan fingerprint density at radius 3 is 2.32 bits per heavy atom. The number of carbonyl (C=O) groups excluding carboxylic acids is 1. The number of benzene rings is 2. The summed E-state index contributed by atoms with van der Waals surface area (Å²) in [5.41, 5.74) is 1.98. The van der Waals surface area contributed by atoms with E-state index in [-0.39, 0.29) is 30.8 Å². The van der Waals surface area contributed by atoms with Crippen molar-refractivity contribution in [3.05, 3.63) is 70.6 Å². The van der Waals surface area contributed by atoms with Crippen molar-refractivity contribution in [2.75, 3.05) is 0 Å². The van der Waals surface area contributed by atoms with E-state index in [2.05, 4.69) is 14.7 Å². The van der Waals surface area contributed by atoms with Crippen molar-refractivity contribution in [3.8, 4) is 11.4 Å². The zero-order valence-corrected chi connectivity index (χ0v) is 16.9. The van der Waals surface area contributed by atoms with E-state index in [4.69, 9.17) is 16.4 Å². The zero-order valence-electron chi connectivity index (χ0n) is 16.1. The second kappa shape index (κ2) is 8.68. The van der Waals surface area contributed by atoms with Gasteiger partial charge in [0.25, 0.3) is 0 Å². The summed E-state index contributed by atoms with van der Waals surface area (Å²) in [4.78, 5) is 21.7. The van der Waals surface area contributed by atoms with E-state index in [1.54, 1.807) is 36.4 Å². The Hall–Kier alpha value is -2.91. The summed E-state index contributed by atoms with van der Waals surface area (Å²) in [7, 11) is 0. The minimum absolute atomic E-state index is 0.0374. The quantitative estimate of drug-likeness (QED) is 0.457. The van der Waals surface area contributed by atoms with Crippen LogP contribution in [0.1, 0.15) is 29.9 Å². The maximum Gasteiger partial charge on any atom is 0.471 e. The van der Waals surface area contributed by atoms with Gasteiger partial charge in [-0.3, -0.25) is 9.63 Å². The molecule has 31 heavy (non-hydrogen) atoms. The molecule has 1 saturated carbocycles.